The van der Waals surface area contributed by atoms with Crippen LogP contribution in [0.5, 0.6) is 0 Å². The molecule has 0 aromatic heterocycles. The predicted molar refractivity (Wildman–Crippen MR) is 287 cm³/mol. The Morgan fingerprint density at radius 2 is 0.486 bits per heavy atom. The molecule has 70 heavy (non-hydrogen) atoms. The second-order valence-electron chi connectivity index (χ2n) is 25.5. The van der Waals surface area contributed by atoms with Gasteiger partial charge in [0, 0.05) is 0 Å². The zero-order chi connectivity index (χ0) is 42.3. The SMILES string of the molecule is CCOC(=O)[C@@]1(C)NC(=O)C23c4c5c6c7c8c9c(c%10c%11c2c2c4c4c%12c5c5c6c6c8c8c%13c9c9c%10c%10c%11c%11c2c2c4c4c%12c%12c5c5c6c8c6c8c%13c9c9c%10c%10c%11c2c2c4c4c%12c5c6c5c8c9c%10c2c45)C731. The van der Waals surface area contributed by atoms with E-state index in [-0.39, 0.29) is 18.5 Å². The second kappa shape index (κ2) is 5.76. The quantitative estimate of drug-likeness (QED) is 0.139. The Morgan fingerprint density at radius 3 is 0.671 bits per heavy atom. The molecule has 1 aliphatic heterocycles. The molecular formula is C66H9NO3. The molecular weight excluding hydrogens is 855 g/mol. The van der Waals surface area contributed by atoms with E-state index in [1.54, 1.807) is 75.4 Å². The van der Waals surface area contributed by atoms with Gasteiger partial charge in [0.15, 0.2) is 5.54 Å². The zero-order valence-electron chi connectivity index (χ0n) is 35.9. The summed E-state index contributed by atoms with van der Waals surface area (Å²) in [7, 11) is 0. The summed E-state index contributed by atoms with van der Waals surface area (Å²) in [6.45, 7) is 4.33. The summed E-state index contributed by atoms with van der Waals surface area (Å²) >= 11 is 0. The molecule has 1 heterocycles. The Hall–Kier alpha value is -8.60. The predicted octanol–water partition coefficient (Wildman–Crippen LogP) is 15.7. The van der Waals surface area contributed by atoms with Gasteiger partial charge >= 0.3 is 5.97 Å². The molecule has 296 valence electrons. The van der Waals surface area contributed by atoms with Crippen molar-refractivity contribution in [3.8, 4) is 0 Å². The molecule has 4 nitrogen and oxygen atoms in total. The average Bonchev–Trinajstić information content (AvgIpc) is 4.25. The van der Waals surface area contributed by atoms with Gasteiger partial charge in [-0.25, -0.2) is 4.79 Å². The van der Waals surface area contributed by atoms with Crippen molar-refractivity contribution in [3.05, 3.63) is 22.3 Å². The van der Waals surface area contributed by atoms with Gasteiger partial charge in [0.1, 0.15) is 5.41 Å². The van der Waals surface area contributed by atoms with E-state index in [1.165, 1.54) is 238 Å². The molecule has 33 rings (SSSR count). The van der Waals surface area contributed by atoms with Crippen LogP contribution in [0.15, 0.2) is 0 Å². The Morgan fingerprint density at radius 1 is 0.314 bits per heavy atom. The molecule has 1 fully saturated rings. The van der Waals surface area contributed by atoms with Crippen molar-refractivity contribution in [2.45, 2.75) is 30.2 Å². The number of carbonyl (C=O) groups is 2. The maximum atomic E-state index is 17.2. The van der Waals surface area contributed by atoms with Crippen molar-refractivity contribution < 1.29 is 14.3 Å². The van der Waals surface area contributed by atoms with E-state index in [1.807, 2.05) is 6.92 Å². The number of ether oxygens (including phenoxy) is 1. The normalized spacial score (nSPS) is 24.6. The Bertz CT molecular complexity index is 7110. The minimum absolute atomic E-state index is 0.0121. The van der Waals surface area contributed by atoms with Gasteiger partial charge < -0.3 is 10.1 Å². The standard InChI is InChI=1S/C66H9NO3/c1-3-70-63(69)64(2)66-60-54-48-38-26-18-10-6-4-5-8-12(10)20(26)30-24-16(8)17-9(5)13-11-7(4)15-14(6)22-28(18)36-42-32(22)33-23(15)29-19(11)27-21(13)31-25(17)35-34(24)46(40(30)48)56(60)57-47(35)41(31)49-39(27)45-37(29)43(33)51-50(42)58(52(54)44(36)38)65(66,62(68)67-64)59(51)53(45)55(49)61(57)66/h3H2,1-2H3,(H,67,68)/t64-,65?,66?/m1/s1. The molecule has 28 aromatic rings. The third-order valence-electron chi connectivity index (χ3n) is 25.5. The number of nitrogens with one attached hydrogen (secondary N) is 1. The first kappa shape index (κ1) is 26.2. The number of benzene rings is 18. The summed E-state index contributed by atoms with van der Waals surface area (Å²) in [6.07, 6.45) is 0. The Labute approximate surface area is 379 Å². The molecule has 2 spiro atoms. The van der Waals surface area contributed by atoms with Gasteiger partial charge in [-0.15, -0.1) is 0 Å². The van der Waals surface area contributed by atoms with E-state index in [0.29, 0.717) is 0 Å². The van der Waals surface area contributed by atoms with Gasteiger partial charge in [-0.05, 0) is 327 Å². The highest BCUT2D eigenvalue weighted by Gasteiger charge is 2.83. The van der Waals surface area contributed by atoms with Crippen molar-refractivity contribution in [1.82, 2.24) is 5.32 Å². The largest absolute Gasteiger partial charge is 0.464 e. The van der Waals surface area contributed by atoms with Crippen LogP contribution in [0.3, 0.4) is 0 Å². The summed E-state index contributed by atoms with van der Waals surface area (Å²) in [5, 5.41) is 84.1. The van der Waals surface area contributed by atoms with Crippen molar-refractivity contribution in [3.63, 3.8) is 0 Å². The van der Waals surface area contributed by atoms with Crippen LogP contribution in [0.2, 0.25) is 0 Å². The maximum Gasteiger partial charge on any atom is 0.332 e. The lowest BCUT2D eigenvalue weighted by atomic mass is 9.45. The van der Waals surface area contributed by atoms with Crippen molar-refractivity contribution in [1.29, 1.82) is 0 Å². The fourth-order valence-electron chi connectivity index (χ4n) is 25.4. The molecule has 0 saturated carbocycles. The molecule has 4 aliphatic carbocycles. The summed E-state index contributed by atoms with van der Waals surface area (Å²) in [5.74, 6) is -0.282. The van der Waals surface area contributed by atoms with E-state index < -0.39 is 16.4 Å². The van der Waals surface area contributed by atoms with E-state index >= 15 is 9.59 Å². The topological polar surface area (TPSA) is 55.4 Å². The molecule has 1 N–H and O–H groups in total. The lowest BCUT2D eigenvalue weighted by molar-refractivity contribution is -0.152. The number of hydrogen-bond acceptors (Lipinski definition) is 3. The molecule has 0 bridgehead atoms. The summed E-state index contributed by atoms with van der Waals surface area (Å²) < 4.78 is 6.47. The molecule has 5 aliphatic rings. The van der Waals surface area contributed by atoms with Gasteiger partial charge in [0.05, 0.1) is 12.0 Å². The van der Waals surface area contributed by atoms with Crippen LogP contribution in [-0.2, 0) is 25.2 Å². The third-order valence-corrected chi connectivity index (χ3v) is 25.5. The van der Waals surface area contributed by atoms with Gasteiger partial charge in [-0.2, -0.15) is 0 Å². The Kier molecular flexibility index (Phi) is 2.16. The smallest absolute Gasteiger partial charge is 0.332 e. The van der Waals surface area contributed by atoms with Gasteiger partial charge in [0.25, 0.3) is 0 Å². The lowest BCUT2D eigenvalue weighted by Crippen LogP contribution is -2.64. The fraction of sp³-hybridized carbons (Fsp3) is 0.0909. The van der Waals surface area contributed by atoms with E-state index in [4.69, 9.17) is 4.74 Å². The monoisotopic (exact) mass is 863 g/mol. The third kappa shape index (κ3) is 1.31. The highest BCUT2D eigenvalue weighted by Crippen LogP contribution is 2.86. The zero-order valence-corrected chi connectivity index (χ0v) is 35.9. The van der Waals surface area contributed by atoms with Crippen LogP contribution >= 0.6 is 0 Å². The van der Waals surface area contributed by atoms with E-state index in [2.05, 4.69) is 12.2 Å². The van der Waals surface area contributed by atoms with Crippen molar-refractivity contribution >= 4 is 303 Å². The molecule has 28 aromatic carbocycles. The number of carbonyl (C=O) groups excluding carboxylic acids is 2. The summed E-state index contributed by atoms with van der Waals surface area (Å²) in [6, 6.07) is 0. The van der Waals surface area contributed by atoms with Crippen LogP contribution in [0.25, 0.3) is 291 Å². The molecule has 1 saturated heterocycles. The fourth-order valence-corrected chi connectivity index (χ4v) is 25.4. The Balaban J connectivity index is 1.22. The van der Waals surface area contributed by atoms with Crippen LogP contribution in [-0.4, -0.2) is 24.0 Å². The molecule has 4 heteroatoms. The van der Waals surface area contributed by atoms with E-state index in [9.17, 15) is 0 Å². The first-order valence-corrected chi connectivity index (χ1v) is 25.9. The van der Waals surface area contributed by atoms with Gasteiger partial charge in [0.2, 0.25) is 5.91 Å². The van der Waals surface area contributed by atoms with Crippen molar-refractivity contribution in [2.75, 3.05) is 6.61 Å². The number of hydrogen-bond donors (Lipinski definition) is 1. The van der Waals surface area contributed by atoms with Gasteiger partial charge in [-0.1, -0.05) is 0 Å². The lowest BCUT2D eigenvalue weighted by Gasteiger charge is -2.52. The second-order valence-corrected chi connectivity index (χ2v) is 25.5. The molecule has 0 unspecified atom stereocenters. The van der Waals surface area contributed by atoms with Gasteiger partial charge in [-0.3, -0.25) is 4.79 Å². The summed E-state index contributed by atoms with van der Waals surface area (Å²) in [5.41, 5.74) is 1.39. The minimum atomic E-state index is -1.40. The maximum absolute atomic E-state index is 17.2. The highest BCUT2D eigenvalue weighted by molar-refractivity contribution is 6.82. The molecule has 1 amide bonds. The van der Waals surface area contributed by atoms with Crippen LogP contribution in [0.1, 0.15) is 36.1 Å². The molecule has 0 radical (unpaired) electrons. The van der Waals surface area contributed by atoms with Crippen molar-refractivity contribution in [2.24, 2.45) is 0 Å². The molecule has 1 atom stereocenters. The van der Waals surface area contributed by atoms with E-state index in [0.717, 1.165) is 0 Å². The van der Waals surface area contributed by atoms with Crippen LogP contribution in [0.4, 0.5) is 0 Å². The first-order valence-electron chi connectivity index (χ1n) is 25.9. The number of amides is 1. The minimum Gasteiger partial charge on any atom is -0.464 e. The van der Waals surface area contributed by atoms with Crippen LogP contribution in [0, 0.1) is 0 Å². The number of esters is 1. The number of rotatable bonds is 2. The highest BCUT2D eigenvalue weighted by atomic mass is 16.5. The van der Waals surface area contributed by atoms with Crippen LogP contribution < -0.4 is 5.32 Å². The average molecular weight is 864 g/mol. The first-order chi connectivity index (χ1) is 34.6. The summed E-state index contributed by atoms with van der Waals surface area (Å²) in [4.78, 5) is 33.2.